The number of carbonyl (C=O) groups is 1. The van der Waals surface area contributed by atoms with E-state index in [2.05, 4.69) is 10.00 Å². The molecule has 0 unspecified atom stereocenters. The van der Waals surface area contributed by atoms with E-state index >= 15 is 0 Å². The normalized spacial score (nSPS) is 14.5. The Kier molecular flexibility index (Phi) is 5.30. The summed E-state index contributed by atoms with van der Waals surface area (Å²) in [6.07, 6.45) is 4.31. The van der Waals surface area contributed by atoms with Gasteiger partial charge in [0.05, 0.1) is 11.3 Å². The summed E-state index contributed by atoms with van der Waals surface area (Å²) >= 11 is 0. The Morgan fingerprint density at radius 2 is 1.89 bits per heavy atom. The lowest BCUT2D eigenvalue weighted by atomic mass is 10.2. The van der Waals surface area contributed by atoms with E-state index in [1.54, 1.807) is 15.8 Å². The van der Waals surface area contributed by atoms with E-state index in [0.29, 0.717) is 23.6 Å². The highest BCUT2D eigenvalue weighted by Gasteiger charge is 2.24. The third-order valence-corrected chi connectivity index (χ3v) is 5.24. The molecule has 1 amide bonds. The highest BCUT2D eigenvalue weighted by Crippen LogP contribution is 2.26. The van der Waals surface area contributed by atoms with Crippen LogP contribution in [0.3, 0.4) is 0 Å². The van der Waals surface area contributed by atoms with Crippen LogP contribution in [0.25, 0.3) is 17.1 Å². The molecule has 3 aromatic rings. The van der Waals surface area contributed by atoms with Gasteiger partial charge in [-0.1, -0.05) is 18.2 Å². The van der Waals surface area contributed by atoms with Crippen molar-refractivity contribution >= 4 is 5.91 Å². The Hall–Kier alpha value is -2.86. The topological polar surface area (TPSA) is 54.5 Å². The largest absolute Gasteiger partial charge is 0.460 e. The molecule has 6 heteroatoms. The quantitative estimate of drug-likeness (QED) is 0.658. The monoisotopic (exact) mass is 378 g/mol. The molecule has 1 aromatic carbocycles. The first-order valence-corrected chi connectivity index (χ1v) is 9.81. The van der Waals surface area contributed by atoms with E-state index in [9.17, 15) is 4.79 Å². The van der Waals surface area contributed by atoms with Crippen molar-refractivity contribution in [1.82, 2.24) is 19.6 Å². The molecule has 146 valence electrons. The number of hydrogen-bond donors (Lipinski definition) is 0. The standard InChI is InChI=1S/C22H26N4O2/c1-17-10-11-20(28-17)21-19(16-26(23-21)18-8-4-3-5-9-18)22(27)24(2)14-15-25-12-6-7-13-25/h3-5,8-11,16H,6-7,12-15H2,1-2H3. The van der Waals surface area contributed by atoms with Crippen molar-refractivity contribution in [1.29, 1.82) is 0 Å². The van der Waals surface area contributed by atoms with Crippen LogP contribution >= 0.6 is 0 Å². The molecule has 1 aliphatic rings. The van der Waals surface area contributed by atoms with Gasteiger partial charge in [-0.25, -0.2) is 4.68 Å². The van der Waals surface area contributed by atoms with E-state index < -0.39 is 0 Å². The molecule has 0 atom stereocenters. The fraction of sp³-hybridized carbons (Fsp3) is 0.364. The maximum atomic E-state index is 13.2. The molecular weight excluding hydrogens is 352 g/mol. The second-order valence-corrected chi connectivity index (χ2v) is 7.36. The third kappa shape index (κ3) is 3.87. The molecule has 0 radical (unpaired) electrons. The van der Waals surface area contributed by atoms with Crippen LogP contribution in [0.5, 0.6) is 0 Å². The number of likely N-dealkylation sites (N-methyl/N-ethyl adjacent to an activating group) is 1. The molecule has 0 N–H and O–H groups in total. The minimum atomic E-state index is -0.0366. The molecular formula is C22H26N4O2. The molecule has 1 fully saturated rings. The number of amides is 1. The summed E-state index contributed by atoms with van der Waals surface area (Å²) in [6.45, 7) is 5.76. The Morgan fingerprint density at radius 3 is 2.57 bits per heavy atom. The van der Waals surface area contributed by atoms with E-state index in [1.165, 1.54) is 12.8 Å². The minimum absolute atomic E-state index is 0.0366. The first kappa shape index (κ1) is 18.5. The van der Waals surface area contributed by atoms with Crippen LogP contribution in [0.1, 0.15) is 29.0 Å². The number of likely N-dealkylation sites (tertiary alicyclic amines) is 1. The molecule has 0 saturated carbocycles. The molecule has 3 heterocycles. The molecule has 0 bridgehead atoms. The van der Waals surface area contributed by atoms with Gasteiger partial charge in [0.15, 0.2) is 5.76 Å². The lowest BCUT2D eigenvalue weighted by molar-refractivity contribution is 0.0783. The number of benzene rings is 1. The van der Waals surface area contributed by atoms with Crippen LogP contribution in [-0.4, -0.2) is 58.7 Å². The van der Waals surface area contributed by atoms with Gasteiger partial charge >= 0.3 is 0 Å². The lowest BCUT2D eigenvalue weighted by Gasteiger charge is -2.21. The second kappa shape index (κ2) is 8.02. The molecule has 4 rings (SSSR count). The zero-order chi connectivity index (χ0) is 19.5. The maximum absolute atomic E-state index is 13.2. The van der Waals surface area contributed by atoms with Crippen molar-refractivity contribution in [2.75, 3.05) is 33.2 Å². The van der Waals surface area contributed by atoms with Crippen LogP contribution < -0.4 is 0 Å². The zero-order valence-corrected chi connectivity index (χ0v) is 16.5. The Balaban J connectivity index is 1.62. The summed E-state index contributed by atoms with van der Waals surface area (Å²) in [5, 5.41) is 4.67. The number of para-hydroxylation sites is 1. The van der Waals surface area contributed by atoms with Crippen molar-refractivity contribution in [3.05, 3.63) is 60.0 Å². The predicted octanol–water partition coefficient (Wildman–Crippen LogP) is 3.61. The maximum Gasteiger partial charge on any atom is 0.257 e. The fourth-order valence-corrected chi connectivity index (χ4v) is 3.59. The van der Waals surface area contributed by atoms with Gasteiger partial charge in [0, 0.05) is 26.3 Å². The van der Waals surface area contributed by atoms with Crippen molar-refractivity contribution < 1.29 is 9.21 Å². The van der Waals surface area contributed by atoms with Crippen molar-refractivity contribution in [2.45, 2.75) is 19.8 Å². The number of rotatable bonds is 6. The van der Waals surface area contributed by atoms with E-state index in [4.69, 9.17) is 4.42 Å². The second-order valence-electron chi connectivity index (χ2n) is 7.36. The Morgan fingerprint density at radius 1 is 1.14 bits per heavy atom. The van der Waals surface area contributed by atoms with Crippen LogP contribution in [0.15, 0.2) is 53.1 Å². The minimum Gasteiger partial charge on any atom is -0.460 e. The lowest BCUT2D eigenvalue weighted by Crippen LogP contribution is -2.35. The molecule has 28 heavy (non-hydrogen) atoms. The van der Waals surface area contributed by atoms with Gasteiger partial charge in [0.1, 0.15) is 11.5 Å². The molecule has 1 aliphatic heterocycles. The van der Waals surface area contributed by atoms with E-state index in [0.717, 1.165) is 31.1 Å². The SMILES string of the molecule is Cc1ccc(-c2nn(-c3ccccc3)cc2C(=O)N(C)CCN2CCCC2)o1. The summed E-state index contributed by atoms with van der Waals surface area (Å²) in [4.78, 5) is 17.4. The van der Waals surface area contributed by atoms with Crippen molar-refractivity contribution in [2.24, 2.45) is 0 Å². The average Bonchev–Trinajstić information content (AvgIpc) is 3.46. The van der Waals surface area contributed by atoms with Gasteiger partial charge in [-0.05, 0) is 57.1 Å². The number of carbonyl (C=O) groups excluding carboxylic acids is 1. The fourth-order valence-electron chi connectivity index (χ4n) is 3.59. The number of furan rings is 1. The van der Waals surface area contributed by atoms with Crippen molar-refractivity contribution in [3.63, 3.8) is 0 Å². The van der Waals surface area contributed by atoms with Gasteiger partial charge in [0.25, 0.3) is 5.91 Å². The van der Waals surface area contributed by atoms with Gasteiger partial charge in [-0.15, -0.1) is 0 Å². The number of hydrogen-bond acceptors (Lipinski definition) is 4. The summed E-state index contributed by atoms with van der Waals surface area (Å²) in [7, 11) is 1.86. The first-order valence-electron chi connectivity index (χ1n) is 9.81. The zero-order valence-electron chi connectivity index (χ0n) is 16.5. The van der Waals surface area contributed by atoms with Gasteiger partial charge < -0.3 is 14.2 Å². The van der Waals surface area contributed by atoms with Crippen molar-refractivity contribution in [3.8, 4) is 17.1 Å². The van der Waals surface area contributed by atoms with E-state index in [-0.39, 0.29) is 5.91 Å². The summed E-state index contributed by atoms with van der Waals surface area (Å²) in [5.74, 6) is 1.37. The molecule has 6 nitrogen and oxygen atoms in total. The molecule has 0 spiro atoms. The summed E-state index contributed by atoms with van der Waals surface area (Å²) in [5.41, 5.74) is 2.04. The van der Waals surface area contributed by atoms with Crippen LogP contribution in [-0.2, 0) is 0 Å². The number of aromatic nitrogens is 2. The van der Waals surface area contributed by atoms with Crippen LogP contribution in [0.2, 0.25) is 0 Å². The Bertz CT molecular complexity index is 939. The third-order valence-electron chi connectivity index (χ3n) is 5.24. The highest BCUT2D eigenvalue weighted by atomic mass is 16.3. The molecule has 2 aromatic heterocycles. The number of nitrogens with zero attached hydrogens (tertiary/aromatic N) is 4. The van der Waals surface area contributed by atoms with E-state index in [1.807, 2.05) is 56.4 Å². The molecule has 0 aliphatic carbocycles. The van der Waals surface area contributed by atoms with Gasteiger partial charge in [-0.2, -0.15) is 5.10 Å². The van der Waals surface area contributed by atoms with Gasteiger partial charge in [-0.3, -0.25) is 4.79 Å². The number of aryl methyl sites for hydroxylation is 1. The highest BCUT2D eigenvalue weighted by molar-refractivity contribution is 5.99. The smallest absolute Gasteiger partial charge is 0.257 e. The average molecular weight is 378 g/mol. The Labute approximate surface area is 165 Å². The first-order chi connectivity index (χ1) is 13.6. The van der Waals surface area contributed by atoms with Crippen LogP contribution in [0, 0.1) is 6.92 Å². The summed E-state index contributed by atoms with van der Waals surface area (Å²) < 4.78 is 7.52. The van der Waals surface area contributed by atoms with Gasteiger partial charge in [0.2, 0.25) is 0 Å². The summed E-state index contributed by atoms with van der Waals surface area (Å²) in [6, 6.07) is 13.6. The molecule has 1 saturated heterocycles. The predicted molar refractivity (Wildman–Crippen MR) is 109 cm³/mol. The van der Waals surface area contributed by atoms with Crippen LogP contribution in [0.4, 0.5) is 0 Å².